The Labute approximate surface area is 109 Å². The largest absolute Gasteiger partial charge is 0.375 e. The molecular formula is C13H26N2O3. The van der Waals surface area contributed by atoms with Crippen molar-refractivity contribution in [3.05, 3.63) is 0 Å². The van der Waals surface area contributed by atoms with E-state index < -0.39 is 11.9 Å². The summed E-state index contributed by atoms with van der Waals surface area (Å²) in [5.41, 5.74) is 5.25. The lowest BCUT2D eigenvalue weighted by molar-refractivity contribution is -0.129. The van der Waals surface area contributed by atoms with Crippen molar-refractivity contribution >= 4 is 11.8 Å². The van der Waals surface area contributed by atoms with E-state index >= 15 is 0 Å². The van der Waals surface area contributed by atoms with Crippen molar-refractivity contribution in [3.8, 4) is 0 Å². The highest BCUT2D eigenvalue weighted by Gasteiger charge is 2.16. The van der Waals surface area contributed by atoms with E-state index in [2.05, 4.69) is 12.2 Å². The van der Waals surface area contributed by atoms with Crippen LogP contribution in [0.1, 0.15) is 51.9 Å². The highest BCUT2D eigenvalue weighted by atomic mass is 16.5. The fourth-order valence-electron chi connectivity index (χ4n) is 1.78. The Bertz CT molecular complexity index is 244. The van der Waals surface area contributed by atoms with Crippen LogP contribution in [0.25, 0.3) is 0 Å². The standard InChI is InChI=1S/C13H26N2O3/c1-3-4-5-6-7-8-9-11(13(14)17)15-12(16)10-18-2/h11H,3-10H2,1-2H3,(H2,14,17)(H,15,16)/t11-/m0/s1. The van der Waals surface area contributed by atoms with Gasteiger partial charge in [-0.1, -0.05) is 45.4 Å². The second kappa shape index (κ2) is 11.0. The van der Waals surface area contributed by atoms with Gasteiger partial charge in [0.15, 0.2) is 0 Å². The van der Waals surface area contributed by atoms with Crippen molar-refractivity contribution in [3.63, 3.8) is 0 Å². The van der Waals surface area contributed by atoms with Crippen molar-refractivity contribution in [2.75, 3.05) is 13.7 Å². The van der Waals surface area contributed by atoms with Crippen LogP contribution < -0.4 is 11.1 Å². The van der Waals surface area contributed by atoms with Crippen LogP contribution in [-0.2, 0) is 14.3 Å². The Balaban J connectivity index is 3.77. The molecule has 0 bridgehead atoms. The quantitative estimate of drug-likeness (QED) is 0.549. The van der Waals surface area contributed by atoms with Gasteiger partial charge in [0.25, 0.3) is 0 Å². The van der Waals surface area contributed by atoms with Crippen LogP contribution in [0.4, 0.5) is 0 Å². The normalized spacial score (nSPS) is 12.1. The molecule has 0 aromatic heterocycles. The lowest BCUT2D eigenvalue weighted by Gasteiger charge is -2.15. The van der Waals surface area contributed by atoms with Gasteiger partial charge in [0.2, 0.25) is 11.8 Å². The van der Waals surface area contributed by atoms with Crippen LogP contribution in [0.15, 0.2) is 0 Å². The minimum atomic E-state index is -0.571. The van der Waals surface area contributed by atoms with Crippen molar-refractivity contribution in [2.24, 2.45) is 5.73 Å². The topological polar surface area (TPSA) is 81.4 Å². The molecule has 0 aliphatic rings. The third kappa shape index (κ3) is 8.98. The summed E-state index contributed by atoms with van der Waals surface area (Å²) < 4.78 is 4.69. The molecule has 0 aromatic rings. The molecule has 1 atom stereocenters. The molecule has 0 fully saturated rings. The van der Waals surface area contributed by atoms with E-state index in [1.54, 1.807) is 0 Å². The minimum Gasteiger partial charge on any atom is -0.375 e. The Kier molecular flexibility index (Phi) is 10.3. The average Bonchev–Trinajstić information content (AvgIpc) is 2.32. The van der Waals surface area contributed by atoms with Crippen LogP contribution in [0.3, 0.4) is 0 Å². The molecule has 3 N–H and O–H groups in total. The van der Waals surface area contributed by atoms with Gasteiger partial charge in [-0.3, -0.25) is 9.59 Å². The van der Waals surface area contributed by atoms with Gasteiger partial charge in [-0.05, 0) is 6.42 Å². The number of ether oxygens (including phenoxy) is 1. The molecule has 0 aliphatic heterocycles. The zero-order valence-electron chi connectivity index (χ0n) is 11.5. The Morgan fingerprint density at radius 2 is 1.78 bits per heavy atom. The van der Waals surface area contributed by atoms with Crippen LogP contribution in [0, 0.1) is 0 Å². The molecular weight excluding hydrogens is 232 g/mol. The number of carbonyl (C=O) groups excluding carboxylic acids is 2. The molecule has 2 amide bonds. The molecule has 0 unspecified atom stereocenters. The Morgan fingerprint density at radius 3 is 2.33 bits per heavy atom. The van der Waals surface area contributed by atoms with Gasteiger partial charge in [0.1, 0.15) is 12.6 Å². The number of nitrogens with two attached hydrogens (primary N) is 1. The van der Waals surface area contributed by atoms with Crippen LogP contribution in [-0.4, -0.2) is 31.6 Å². The number of amides is 2. The zero-order valence-corrected chi connectivity index (χ0v) is 11.5. The molecule has 0 aliphatic carbocycles. The smallest absolute Gasteiger partial charge is 0.246 e. The average molecular weight is 258 g/mol. The lowest BCUT2D eigenvalue weighted by atomic mass is 10.1. The summed E-state index contributed by atoms with van der Waals surface area (Å²) in [6, 6.07) is -0.571. The first-order valence-electron chi connectivity index (χ1n) is 6.69. The van der Waals surface area contributed by atoms with E-state index in [0.717, 1.165) is 12.8 Å². The van der Waals surface area contributed by atoms with Crippen LogP contribution >= 0.6 is 0 Å². The molecule has 0 heterocycles. The van der Waals surface area contributed by atoms with Crippen LogP contribution in [0.5, 0.6) is 0 Å². The van der Waals surface area contributed by atoms with Gasteiger partial charge in [-0.15, -0.1) is 0 Å². The molecule has 0 saturated carbocycles. The zero-order chi connectivity index (χ0) is 13.8. The SMILES string of the molecule is CCCCCCCC[C@H](NC(=O)COC)C(N)=O. The van der Waals surface area contributed by atoms with E-state index in [9.17, 15) is 9.59 Å². The highest BCUT2D eigenvalue weighted by Crippen LogP contribution is 2.08. The molecule has 0 aromatic carbocycles. The monoisotopic (exact) mass is 258 g/mol. The summed E-state index contributed by atoms with van der Waals surface area (Å²) in [5, 5.41) is 2.58. The molecule has 18 heavy (non-hydrogen) atoms. The van der Waals surface area contributed by atoms with Crippen LogP contribution in [0.2, 0.25) is 0 Å². The van der Waals surface area contributed by atoms with Crippen molar-refractivity contribution in [2.45, 2.75) is 57.9 Å². The second-order valence-corrected chi connectivity index (χ2v) is 4.51. The summed E-state index contributed by atoms with van der Waals surface area (Å²) >= 11 is 0. The van der Waals surface area contributed by atoms with Crippen molar-refractivity contribution in [1.29, 1.82) is 0 Å². The second-order valence-electron chi connectivity index (χ2n) is 4.51. The van der Waals surface area contributed by atoms with E-state index in [1.807, 2.05) is 0 Å². The van der Waals surface area contributed by atoms with Gasteiger partial charge in [-0.25, -0.2) is 0 Å². The number of carbonyl (C=O) groups is 2. The molecule has 5 nitrogen and oxygen atoms in total. The van der Waals surface area contributed by atoms with Crippen molar-refractivity contribution < 1.29 is 14.3 Å². The maximum atomic E-state index is 11.3. The number of primary amides is 1. The molecule has 106 valence electrons. The number of hydrogen-bond donors (Lipinski definition) is 2. The summed E-state index contributed by atoms with van der Waals surface area (Å²) in [6.45, 7) is 2.13. The number of hydrogen-bond acceptors (Lipinski definition) is 3. The number of unbranched alkanes of at least 4 members (excludes halogenated alkanes) is 5. The number of nitrogens with one attached hydrogen (secondary N) is 1. The summed E-state index contributed by atoms with van der Waals surface area (Å²) in [5.74, 6) is -0.778. The number of rotatable bonds is 11. The van der Waals surface area contributed by atoms with E-state index in [-0.39, 0.29) is 12.5 Å². The number of methoxy groups -OCH3 is 1. The van der Waals surface area contributed by atoms with Gasteiger partial charge in [0.05, 0.1) is 0 Å². The minimum absolute atomic E-state index is 0.0414. The highest BCUT2D eigenvalue weighted by molar-refractivity contribution is 5.86. The predicted molar refractivity (Wildman–Crippen MR) is 71.0 cm³/mol. The van der Waals surface area contributed by atoms with Crippen molar-refractivity contribution in [1.82, 2.24) is 5.32 Å². The third-order valence-corrected chi connectivity index (χ3v) is 2.80. The van der Waals surface area contributed by atoms with Gasteiger partial charge < -0.3 is 15.8 Å². The lowest BCUT2D eigenvalue weighted by Crippen LogP contribution is -2.45. The van der Waals surface area contributed by atoms with Gasteiger partial charge in [0, 0.05) is 7.11 Å². The summed E-state index contributed by atoms with van der Waals surface area (Å²) in [4.78, 5) is 22.5. The van der Waals surface area contributed by atoms with Gasteiger partial charge in [-0.2, -0.15) is 0 Å². The third-order valence-electron chi connectivity index (χ3n) is 2.80. The first-order valence-corrected chi connectivity index (χ1v) is 6.69. The fraction of sp³-hybridized carbons (Fsp3) is 0.846. The fourth-order valence-corrected chi connectivity index (χ4v) is 1.78. The maximum absolute atomic E-state index is 11.3. The molecule has 0 saturated heterocycles. The summed E-state index contributed by atoms with van der Waals surface area (Å²) in [7, 11) is 1.44. The first kappa shape index (κ1) is 16.9. The Morgan fingerprint density at radius 1 is 1.17 bits per heavy atom. The predicted octanol–water partition coefficient (Wildman–Crippen LogP) is 1.35. The molecule has 5 heteroatoms. The first-order chi connectivity index (χ1) is 8.61. The summed E-state index contributed by atoms with van der Waals surface area (Å²) in [6.07, 6.45) is 7.46. The van der Waals surface area contributed by atoms with E-state index in [0.29, 0.717) is 6.42 Å². The Hall–Kier alpha value is -1.10. The molecule has 0 spiro atoms. The molecule has 0 rings (SSSR count). The molecule has 0 radical (unpaired) electrons. The van der Waals surface area contributed by atoms with E-state index in [4.69, 9.17) is 10.5 Å². The van der Waals surface area contributed by atoms with Gasteiger partial charge >= 0.3 is 0 Å². The van der Waals surface area contributed by atoms with E-state index in [1.165, 1.54) is 32.8 Å². The maximum Gasteiger partial charge on any atom is 0.246 e.